The molecule has 2 N–H and O–H groups in total. The number of amides is 1. The number of anilines is 1. The molecule has 0 fully saturated rings. The lowest BCUT2D eigenvalue weighted by Crippen LogP contribution is -2.13. The number of nitriles is 1. The van der Waals surface area contributed by atoms with Gasteiger partial charge in [-0.15, -0.1) is 0 Å². The first-order valence-corrected chi connectivity index (χ1v) is 8.47. The third-order valence-corrected chi connectivity index (χ3v) is 3.70. The average Bonchev–Trinajstić information content (AvgIpc) is 2.59. The van der Waals surface area contributed by atoms with Crippen LogP contribution in [0, 0.1) is 11.3 Å². The van der Waals surface area contributed by atoms with Gasteiger partial charge in [-0.05, 0) is 42.0 Å². The highest BCUT2D eigenvalue weighted by atomic mass is 35.5. The van der Waals surface area contributed by atoms with Gasteiger partial charge in [0.1, 0.15) is 17.4 Å². The first kappa shape index (κ1) is 20.3. The quantitative estimate of drug-likeness (QED) is 0.526. The fourth-order valence-corrected chi connectivity index (χ4v) is 2.58. The molecule has 0 aliphatic heterocycles. The zero-order valence-corrected chi connectivity index (χ0v) is 15.4. The van der Waals surface area contributed by atoms with Gasteiger partial charge in [0, 0.05) is 15.7 Å². The van der Waals surface area contributed by atoms with E-state index in [1.54, 1.807) is 24.3 Å². The number of carbonyl (C=O) groups excluding carboxylic acids is 1. The van der Waals surface area contributed by atoms with Gasteiger partial charge in [0.15, 0.2) is 0 Å². The van der Waals surface area contributed by atoms with Crippen molar-refractivity contribution in [2.75, 3.05) is 11.9 Å². The summed E-state index contributed by atoms with van der Waals surface area (Å²) in [6.07, 6.45) is 1.32. The number of halogens is 2. The number of rotatable bonds is 7. The van der Waals surface area contributed by atoms with Gasteiger partial charge in [0.25, 0.3) is 5.91 Å². The normalized spacial score (nSPS) is 10.8. The van der Waals surface area contributed by atoms with Crippen molar-refractivity contribution in [1.82, 2.24) is 0 Å². The molecule has 2 aromatic carbocycles. The van der Waals surface area contributed by atoms with Crippen LogP contribution in [-0.2, 0) is 9.59 Å². The molecule has 0 saturated heterocycles. The first-order valence-electron chi connectivity index (χ1n) is 7.71. The maximum Gasteiger partial charge on any atom is 0.306 e. The molecule has 138 valence electrons. The molecule has 0 unspecified atom stereocenters. The lowest BCUT2D eigenvalue weighted by atomic mass is 10.1. The molecule has 1 amide bonds. The number of ether oxygens (including phenoxy) is 1. The molecule has 0 aliphatic rings. The Kier molecular flexibility index (Phi) is 7.24. The molecule has 0 atom stereocenters. The number of aliphatic carboxylic acids is 1. The SMILES string of the molecule is N#C/C(=C\c1ccc(OCCC(=O)O)cc1)C(=O)Nc1cc(Cl)cc(Cl)c1. The van der Waals surface area contributed by atoms with Gasteiger partial charge in [-0.2, -0.15) is 5.26 Å². The van der Waals surface area contributed by atoms with E-state index in [9.17, 15) is 14.9 Å². The van der Waals surface area contributed by atoms with Gasteiger partial charge in [-0.3, -0.25) is 9.59 Å². The van der Waals surface area contributed by atoms with Gasteiger partial charge in [0.2, 0.25) is 0 Å². The van der Waals surface area contributed by atoms with Crippen molar-refractivity contribution in [3.8, 4) is 11.8 Å². The number of hydrogen-bond donors (Lipinski definition) is 2. The zero-order valence-electron chi connectivity index (χ0n) is 13.9. The molecule has 2 aromatic rings. The number of benzene rings is 2. The van der Waals surface area contributed by atoms with E-state index in [2.05, 4.69) is 5.32 Å². The predicted molar refractivity (Wildman–Crippen MR) is 103 cm³/mol. The highest BCUT2D eigenvalue weighted by molar-refractivity contribution is 6.35. The lowest BCUT2D eigenvalue weighted by molar-refractivity contribution is -0.137. The summed E-state index contributed by atoms with van der Waals surface area (Å²) in [4.78, 5) is 22.7. The second-order valence-corrected chi connectivity index (χ2v) is 6.22. The lowest BCUT2D eigenvalue weighted by Gasteiger charge is -2.06. The Balaban J connectivity index is 2.07. The highest BCUT2D eigenvalue weighted by Gasteiger charge is 2.10. The van der Waals surface area contributed by atoms with Crippen molar-refractivity contribution >= 4 is 46.8 Å². The van der Waals surface area contributed by atoms with Crippen LogP contribution in [0.4, 0.5) is 5.69 Å². The second-order valence-electron chi connectivity index (χ2n) is 5.34. The van der Waals surface area contributed by atoms with Crippen molar-refractivity contribution in [3.05, 3.63) is 63.6 Å². The zero-order chi connectivity index (χ0) is 19.8. The van der Waals surface area contributed by atoms with E-state index in [1.807, 2.05) is 6.07 Å². The van der Waals surface area contributed by atoms with Crippen LogP contribution in [0.3, 0.4) is 0 Å². The van der Waals surface area contributed by atoms with Crippen LogP contribution in [-0.4, -0.2) is 23.6 Å². The fraction of sp³-hybridized carbons (Fsp3) is 0.105. The van der Waals surface area contributed by atoms with Crippen LogP contribution in [0.5, 0.6) is 5.75 Å². The number of carbonyl (C=O) groups is 2. The van der Waals surface area contributed by atoms with Crippen molar-refractivity contribution in [2.45, 2.75) is 6.42 Å². The molecule has 0 heterocycles. The molecule has 0 radical (unpaired) electrons. The van der Waals surface area contributed by atoms with Gasteiger partial charge in [-0.1, -0.05) is 35.3 Å². The van der Waals surface area contributed by atoms with Gasteiger partial charge >= 0.3 is 5.97 Å². The van der Waals surface area contributed by atoms with E-state index >= 15 is 0 Å². The maximum atomic E-state index is 12.3. The van der Waals surface area contributed by atoms with Gasteiger partial charge in [-0.25, -0.2) is 0 Å². The molecule has 0 aromatic heterocycles. The summed E-state index contributed by atoms with van der Waals surface area (Å²) in [5.41, 5.74) is 0.878. The van der Waals surface area contributed by atoms with Crippen LogP contribution in [0.25, 0.3) is 6.08 Å². The molecule has 8 heteroatoms. The largest absolute Gasteiger partial charge is 0.493 e. The molecular formula is C19H14Cl2N2O4. The molecule has 0 saturated carbocycles. The summed E-state index contributed by atoms with van der Waals surface area (Å²) in [6, 6.07) is 13.0. The van der Waals surface area contributed by atoms with Gasteiger partial charge < -0.3 is 15.2 Å². The average molecular weight is 405 g/mol. The summed E-state index contributed by atoms with van der Waals surface area (Å²) in [5.74, 6) is -1.05. The minimum Gasteiger partial charge on any atom is -0.493 e. The number of nitrogens with zero attached hydrogens (tertiary/aromatic N) is 1. The Morgan fingerprint density at radius 3 is 2.33 bits per heavy atom. The van der Waals surface area contributed by atoms with E-state index in [0.29, 0.717) is 27.0 Å². The Morgan fingerprint density at radius 1 is 1.15 bits per heavy atom. The van der Waals surface area contributed by atoms with E-state index < -0.39 is 11.9 Å². The summed E-state index contributed by atoms with van der Waals surface area (Å²) < 4.78 is 5.28. The van der Waals surface area contributed by atoms with E-state index in [1.165, 1.54) is 24.3 Å². The van der Waals surface area contributed by atoms with Crippen molar-refractivity contribution < 1.29 is 19.4 Å². The van der Waals surface area contributed by atoms with Crippen LogP contribution >= 0.6 is 23.2 Å². The smallest absolute Gasteiger partial charge is 0.306 e. The highest BCUT2D eigenvalue weighted by Crippen LogP contribution is 2.23. The Labute approximate surface area is 165 Å². The van der Waals surface area contributed by atoms with Crippen LogP contribution in [0.2, 0.25) is 10.0 Å². The molecule has 0 bridgehead atoms. The second kappa shape index (κ2) is 9.62. The monoisotopic (exact) mass is 404 g/mol. The number of hydrogen-bond acceptors (Lipinski definition) is 4. The summed E-state index contributed by atoms with van der Waals surface area (Å²) in [5, 5.41) is 21.1. The summed E-state index contributed by atoms with van der Waals surface area (Å²) >= 11 is 11.8. The molecule has 0 spiro atoms. The molecule has 2 rings (SSSR count). The van der Waals surface area contributed by atoms with E-state index in [0.717, 1.165) is 0 Å². The third kappa shape index (κ3) is 6.66. The van der Waals surface area contributed by atoms with Crippen molar-refractivity contribution in [1.29, 1.82) is 5.26 Å². The summed E-state index contributed by atoms with van der Waals surface area (Å²) in [7, 11) is 0. The van der Waals surface area contributed by atoms with Gasteiger partial charge in [0.05, 0.1) is 13.0 Å². The Bertz CT molecular complexity index is 898. The molecule has 27 heavy (non-hydrogen) atoms. The van der Waals surface area contributed by atoms with E-state index in [4.69, 9.17) is 33.0 Å². The predicted octanol–water partition coefficient (Wildman–Crippen LogP) is 4.39. The van der Waals surface area contributed by atoms with Crippen molar-refractivity contribution in [3.63, 3.8) is 0 Å². The fourth-order valence-electron chi connectivity index (χ4n) is 2.06. The maximum absolute atomic E-state index is 12.3. The minimum atomic E-state index is -0.944. The van der Waals surface area contributed by atoms with Crippen molar-refractivity contribution in [2.24, 2.45) is 0 Å². The standard InChI is InChI=1S/C19H14Cl2N2O4/c20-14-8-15(21)10-16(9-14)23-19(26)13(11-22)7-12-1-3-17(4-2-12)27-6-5-18(24)25/h1-4,7-10H,5-6H2,(H,23,26)(H,24,25)/b13-7+. The molecule has 6 nitrogen and oxygen atoms in total. The number of nitrogens with one attached hydrogen (secondary N) is 1. The number of carboxylic acids is 1. The Morgan fingerprint density at radius 2 is 1.78 bits per heavy atom. The van der Waals surface area contributed by atoms with Crippen LogP contribution < -0.4 is 10.1 Å². The third-order valence-electron chi connectivity index (χ3n) is 3.26. The Hall–Kier alpha value is -3.01. The van der Waals surface area contributed by atoms with E-state index in [-0.39, 0.29) is 18.6 Å². The van der Waals surface area contributed by atoms with Crippen LogP contribution in [0.1, 0.15) is 12.0 Å². The minimum absolute atomic E-state index is 0.0541. The first-order chi connectivity index (χ1) is 12.9. The topological polar surface area (TPSA) is 99.4 Å². The molecular weight excluding hydrogens is 391 g/mol. The summed E-state index contributed by atoms with van der Waals surface area (Å²) in [6.45, 7) is 0.0541. The molecule has 0 aliphatic carbocycles. The van der Waals surface area contributed by atoms with Crippen LogP contribution in [0.15, 0.2) is 48.0 Å². The number of carboxylic acid groups (broad SMARTS) is 1.